The number of nitrogens with one attached hydrogen (secondary N) is 2. The third-order valence-corrected chi connectivity index (χ3v) is 5.40. The summed E-state index contributed by atoms with van der Waals surface area (Å²) in [5.41, 5.74) is 1.93. The minimum absolute atomic E-state index is 0.113. The fraction of sp³-hybridized carbons (Fsp3) is 0.500. The standard InChI is InChI=1S/C22H31N5O3/c1-14(2)20(28)23-19-16-12-27(22(3,4)18(16)24-25-19)21(29)30-17(13-26(5)6)15-10-8-7-9-11-15/h7-11,14,17H,12-13H2,1-6H3,(H2,23,24,25,28)/t17-/m1/s1. The van der Waals surface area contributed by atoms with Crippen LogP contribution in [0.3, 0.4) is 0 Å². The molecule has 2 heterocycles. The highest BCUT2D eigenvalue weighted by Crippen LogP contribution is 2.41. The quantitative estimate of drug-likeness (QED) is 0.756. The maximum Gasteiger partial charge on any atom is 0.411 e. The molecule has 30 heavy (non-hydrogen) atoms. The lowest BCUT2D eigenvalue weighted by Crippen LogP contribution is -2.42. The number of fused-ring (bicyclic) bond motifs is 1. The van der Waals surface area contributed by atoms with E-state index < -0.39 is 11.6 Å². The topological polar surface area (TPSA) is 90.6 Å². The molecule has 1 aliphatic heterocycles. The average molecular weight is 414 g/mol. The normalized spacial score (nSPS) is 15.9. The molecule has 0 spiro atoms. The number of aromatic amines is 1. The molecule has 0 saturated heterocycles. The van der Waals surface area contributed by atoms with Gasteiger partial charge in [0.1, 0.15) is 6.10 Å². The van der Waals surface area contributed by atoms with Crippen molar-refractivity contribution in [3.8, 4) is 0 Å². The molecule has 1 aromatic carbocycles. The van der Waals surface area contributed by atoms with Gasteiger partial charge in [0.2, 0.25) is 5.91 Å². The Morgan fingerprint density at radius 3 is 2.53 bits per heavy atom. The van der Waals surface area contributed by atoms with Crippen LogP contribution in [0.1, 0.15) is 50.6 Å². The Morgan fingerprint density at radius 1 is 1.27 bits per heavy atom. The van der Waals surface area contributed by atoms with E-state index in [0.29, 0.717) is 18.9 Å². The smallest absolute Gasteiger partial charge is 0.411 e. The van der Waals surface area contributed by atoms with Crippen LogP contribution in [0.2, 0.25) is 0 Å². The van der Waals surface area contributed by atoms with Gasteiger partial charge in [0.25, 0.3) is 0 Å². The van der Waals surface area contributed by atoms with Gasteiger partial charge in [-0.05, 0) is 33.5 Å². The highest BCUT2D eigenvalue weighted by Gasteiger charge is 2.45. The van der Waals surface area contributed by atoms with E-state index in [0.717, 1.165) is 16.8 Å². The number of hydrogen-bond acceptors (Lipinski definition) is 5. The molecule has 2 aromatic rings. The van der Waals surface area contributed by atoms with Gasteiger partial charge in [-0.2, -0.15) is 5.10 Å². The van der Waals surface area contributed by atoms with Crippen LogP contribution >= 0.6 is 0 Å². The second-order valence-corrected chi connectivity index (χ2v) is 8.76. The number of hydrogen-bond donors (Lipinski definition) is 2. The van der Waals surface area contributed by atoms with E-state index >= 15 is 0 Å². The molecule has 0 bridgehead atoms. The first-order chi connectivity index (χ1) is 14.1. The Morgan fingerprint density at radius 2 is 1.93 bits per heavy atom. The Bertz CT molecular complexity index is 905. The molecule has 0 unspecified atom stereocenters. The minimum Gasteiger partial charge on any atom is -0.440 e. The number of rotatable bonds is 6. The fourth-order valence-electron chi connectivity index (χ4n) is 3.57. The second kappa shape index (κ2) is 8.47. The summed E-state index contributed by atoms with van der Waals surface area (Å²) in [5.74, 6) is 0.198. The molecule has 1 aromatic heterocycles. The van der Waals surface area contributed by atoms with Crippen molar-refractivity contribution in [3.63, 3.8) is 0 Å². The molecule has 8 nitrogen and oxygen atoms in total. The Kier molecular flexibility index (Phi) is 6.17. The average Bonchev–Trinajstić information content (AvgIpc) is 3.20. The number of aromatic nitrogens is 2. The van der Waals surface area contributed by atoms with Crippen LogP contribution in [0, 0.1) is 5.92 Å². The van der Waals surface area contributed by atoms with Gasteiger partial charge in [-0.3, -0.25) is 14.8 Å². The van der Waals surface area contributed by atoms with Gasteiger partial charge < -0.3 is 15.0 Å². The van der Waals surface area contributed by atoms with Gasteiger partial charge in [-0.15, -0.1) is 0 Å². The number of carbonyl (C=O) groups excluding carboxylic acids is 2. The van der Waals surface area contributed by atoms with Crippen molar-refractivity contribution in [3.05, 3.63) is 47.2 Å². The molecular formula is C22H31N5O3. The fourth-order valence-corrected chi connectivity index (χ4v) is 3.57. The predicted molar refractivity (Wildman–Crippen MR) is 115 cm³/mol. The number of amides is 2. The lowest BCUT2D eigenvalue weighted by Gasteiger charge is -2.33. The van der Waals surface area contributed by atoms with Crippen molar-refractivity contribution in [2.75, 3.05) is 26.0 Å². The molecule has 0 radical (unpaired) electrons. The Balaban J connectivity index is 1.80. The summed E-state index contributed by atoms with van der Waals surface area (Å²) in [6, 6.07) is 9.73. The molecule has 2 amide bonds. The zero-order chi connectivity index (χ0) is 22.1. The highest BCUT2D eigenvalue weighted by molar-refractivity contribution is 5.92. The van der Waals surface area contributed by atoms with Crippen molar-refractivity contribution in [2.45, 2.75) is 45.9 Å². The molecule has 1 atom stereocenters. The first-order valence-electron chi connectivity index (χ1n) is 10.2. The van der Waals surface area contributed by atoms with Crippen LogP contribution in [-0.2, 0) is 21.6 Å². The zero-order valence-corrected chi connectivity index (χ0v) is 18.5. The molecule has 0 fully saturated rings. The van der Waals surface area contributed by atoms with Crippen LogP contribution in [0.5, 0.6) is 0 Å². The van der Waals surface area contributed by atoms with Gasteiger partial charge >= 0.3 is 6.09 Å². The van der Waals surface area contributed by atoms with E-state index in [4.69, 9.17) is 4.74 Å². The van der Waals surface area contributed by atoms with Crippen molar-refractivity contribution in [2.24, 2.45) is 5.92 Å². The number of H-pyrrole nitrogens is 1. The second-order valence-electron chi connectivity index (χ2n) is 8.76. The maximum absolute atomic E-state index is 13.2. The third kappa shape index (κ3) is 4.33. The van der Waals surface area contributed by atoms with Crippen LogP contribution in [-0.4, -0.2) is 52.6 Å². The van der Waals surface area contributed by atoms with Crippen LogP contribution in [0.4, 0.5) is 10.6 Å². The van der Waals surface area contributed by atoms with E-state index in [1.807, 2.05) is 77.0 Å². The van der Waals surface area contributed by atoms with Gasteiger partial charge in [0.05, 0.1) is 17.8 Å². The number of carbonyl (C=O) groups is 2. The van der Waals surface area contributed by atoms with Crippen molar-refractivity contribution in [1.82, 2.24) is 20.0 Å². The van der Waals surface area contributed by atoms with E-state index in [2.05, 4.69) is 15.5 Å². The molecule has 2 N–H and O–H groups in total. The van der Waals surface area contributed by atoms with E-state index in [9.17, 15) is 9.59 Å². The monoisotopic (exact) mass is 413 g/mol. The largest absolute Gasteiger partial charge is 0.440 e. The van der Waals surface area contributed by atoms with Gasteiger partial charge in [0, 0.05) is 18.0 Å². The van der Waals surface area contributed by atoms with Gasteiger partial charge in [-0.25, -0.2) is 4.79 Å². The minimum atomic E-state index is -0.639. The number of nitrogens with zero attached hydrogens (tertiary/aromatic N) is 3. The maximum atomic E-state index is 13.2. The summed E-state index contributed by atoms with van der Waals surface area (Å²) in [4.78, 5) is 29.0. The Hall–Kier alpha value is -2.87. The van der Waals surface area contributed by atoms with Crippen molar-refractivity contribution < 1.29 is 14.3 Å². The summed E-state index contributed by atoms with van der Waals surface area (Å²) in [6.07, 6.45) is -0.789. The lowest BCUT2D eigenvalue weighted by atomic mass is 10.0. The lowest BCUT2D eigenvalue weighted by molar-refractivity contribution is -0.118. The predicted octanol–water partition coefficient (Wildman–Crippen LogP) is 3.49. The summed E-state index contributed by atoms with van der Waals surface area (Å²) >= 11 is 0. The van der Waals surface area contributed by atoms with E-state index in [1.54, 1.807) is 4.90 Å². The molecule has 8 heteroatoms. The number of anilines is 1. The van der Waals surface area contributed by atoms with E-state index in [1.165, 1.54) is 0 Å². The number of ether oxygens (including phenoxy) is 1. The summed E-state index contributed by atoms with van der Waals surface area (Å²) < 4.78 is 5.95. The molecule has 1 aliphatic rings. The first kappa shape index (κ1) is 21.8. The molecule has 0 aliphatic carbocycles. The van der Waals surface area contributed by atoms with Crippen LogP contribution in [0.15, 0.2) is 30.3 Å². The third-order valence-electron chi connectivity index (χ3n) is 5.40. The molecule has 3 rings (SSSR count). The molecule has 162 valence electrons. The highest BCUT2D eigenvalue weighted by atomic mass is 16.6. The number of likely N-dealkylation sites (N-methyl/N-ethyl adjacent to an activating group) is 1. The summed E-state index contributed by atoms with van der Waals surface area (Å²) in [7, 11) is 3.90. The van der Waals surface area contributed by atoms with Crippen molar-refractivity contribution >= 4 is 17.8 Å². The number of benzene rings is 1. The molecular weight excluding hydrogens is 382 g/mol. The molecule has 0 saturated carbocycles. The van der Waals surface area contributed by atoms with E-state index in [-0.39, 0.29) is 17.9 Å². The van der Waals surface area contributed by atoms with Crippen LogP contribution in [0.25, 0.3) is 0 Å². The Labute approximate surface area is 177 Å². The van der Waals surface area contributed by atoms with Gasteiger partial charge in [0.15, 0.2) is 5.82 Å². The van der Waals surface area contributed by atoms with Crippen molar-refractivity contribution in [1.29, 1.82) is 0 Å². The SMILES string of the molecule is CC(C)C(=O)Nc1n[nH]c2c1CN(C(=O)O[C@H](CN(C)C)c1ccccc1)C2(C)C. The summed E-state index contributed by atoms with van der Waals surface area (Å²) in [5, 5.41) is 10.1. The first-order valence-corrected chi connectivity index (χ1v) is 10.2. The summed E-state index contributed by atoms with van der Waals surface area (Å²) in [6.45, 7) is 8.42. The van der Waals surface area contributed by atoms with Gasteiger partial charge in [-0.1, -0.05) is 44.2 Å². The zero-order valence-electron chi connectivity index (χ0n) is 18.5. The van der Waals surface area contributed by atoms with Crippen LogP contribution < -0.4 is 5.32 Å².